The fraction of sp³-hybridized carbons (Fsp3) is 0.632. The highest BCUT2D eigenvalue weighted by atomic mass is 32.2. The van der Waals surface area contributed by atoms with Crippen LogP contribution in [0.1, 0.15) is 45.6 Å². The maximum Gasteiger partial charge on any atom is 0.224 e. The minimum Gasteiger partial charge on any atom is -0.353 e. The molecule has 1 fully saturated rings. The first-order chi connectivity index (χ1) is 11.6. The van der Waals surface area contributed by atoms with Crippen LogP contribution in [0.25, 0.3) is 0 Å². The van der Waals surface area contributed by atoms with Crippen molar-refractivity contribution >= 4 is 15.9 Å². The number of nitrogens with zero attached hydrogens (tertiary/aromatic N) is 1. The lowest BCUT2D eigenvalue weighted by atomic mass is 9.79. The number of hydrogen-bond donors (Lipinski definition) is 1. The number of nitrogens with one attached hydrogen (secondary N) is 1. The lowest BCUT2D eigenvalue weighted by Crippen LogP contribution is -2.47. The maximum absolute atomic E-state index is 12.6. The van der Waals surface area contributed by atoms with Crippen LogP contribution in [0, 0.1) is 5.92 Å². The second kappa shape index (κ2) is 7.87. The zero-order valence-electron chi connectivity index (χ0n) is 15.7. The molecule has 25 heavy (non-hydrogen) atoms. The van der Waals surface area contributed by atoms with Crippen LogP contribution in [-0.4, -0.2) is 44.0 Å². The molecule has 6 heteroatoms. The van der Waals surface area contributed by atoms with Crippen molar-refractivity contribution in [2.24, 2.45) is 5.92 Å². The molecular formula is C19H30N2O3S. The van der Waals surface area contributed by atoms with Crippen molar-refractivity contribution in [3.63, 3.8) is 0 Å². The predicted octanol–water partition coefficient (Wildman–Crippen LogP) is 2.53. The van der Waals surface area contributed by atoms with E-state index in [1.165, 1.54) is 16.1 Å². The van der Waals surface area contributed by atoms with Crippen LogP contribution in [0.5, 0.6) is 0 Å². The number of carbonyl (C=O) groups excluding carboxylic acids is 1. The summed E-state index contributed by atoms with van der Waals surface area (Å²) in [7, 11) is -3.23. The van der Waals surface area contributed by atoms with Crippen molar-refractivity contribution in [3.05, 3.63) is 35.9 Å². The Morgan fingerprint density at radius 2 is 1.96 bits per heavy atom. The molecule has 2 atom stereocenters. The van der Waals surface area contributed by atoms with E-state index >= 15 is 0 Å². The summed E-state index contributed by atoms with van der Waals surface area (Å²) in [5.74, 6) is -0.296. The Morgan fingerprint density at radius 1 is 1.32 bits per heavy atom. The van der Waals surface area contributed by atoms with Gasteiger partial charge in [0.1, 0.15) is 0 Å². The molecule has 1 aliphatic heterocycles. The highest BCUT2D eigenvalue weighted by Crippen LogP contribution is 2.28. The van der Waals surface area contributed by atoms with Gasteiger partial charge in [0.2, 0.25) is 15.9 Å². The van der Waals surface area contributed by atoms with E-state index in [0.29, 0.717) is 13.1 Å². The number of benzene rings is 1. The van der Waals surface area contributed by atoms with E-state index in [2.05, 4.69) is 31.3 Å². The average molecular weight is 367 g/mol. The third-order valence-corrected chi connectivity index (χ3v) is 6.25. The fourth-order valence-electron chi connectivity index (χ4n) is 3.64. The molecule has 0 aromatic heterocycles. The molecule has 1 aromatic rings. The van der Waals surface area contributed by atoms with Gasteiger partial charge in [-0.3, -0.25) is 4.79 Å². The highest BCUT2D eigenvalue weighted by molar-refractivity contribution is 7.88. The smallest absolute Gasteiger partial charge is 0.224 e. The maximum atomic E-state index is 12.6. The summed E-state index contributed by atoms with van der Waals surface area (Å²) >= 11 is 0. The average Bonchev–Trinajstić information content (AvgIpc) is 2.54. The first-order valence-corrected chi connectivity index (χ1v) is 10.8. The quantitative estimate of drug-likeness (QED) is 0.841. The van der Waals surface area contributed by atoms with Gasteiger partial charge in [-0.2, -0.15) is 0 Å². The first kappa shape index (κ1) is 19.9. The fourth-order valence-corrected chi connectivity index (χ4v) is 4.55. The van der Waals surface area contributed by atoms with Crippen molar-refractivity contribution in [1.82, 2.24) is 9.62 Å². The van der Waals surface area contributed by atoms with Gasteiger partial charge in [-0.1, -0.05) is 44.2 Å². The Kier molecular flexibility index (Phi) is 6.27. The molecule has 1 aromatic carbocycles. The molecule has 1 heterocycles. The molecule has 1 amide bonds. The Bertz CT molecular complexity index is 686. The van der Waals surface area contributed by atoms with Gasteiger partial charge in [0.05, 0.1) is 12.2 Å². The minimum absolute atomic E-state index is 0.0244. The summed E-state index contributed by atoms with van der Waals surface area (Å²) in [6.07, 6.45) is 3.51. The predicted molar refractivity (Wildman–Crippen MR) is 101 cm³/mol. The molecule has 0 unspecified atom stereocenters. The van der Waals surface area contributed by atoms with Crippen LogP contribution < -0.4 is 5.32 Å². The van der Waals surface area contributed by atoms with Gasteiger partial charge in [-0.05, 0) is 37.2 Å². The van der Waals surface area contributed by atoms with Crippen LogP contribution in [0.4, 0.5) is 0 Å². The molecule has 0 bridgehead atoms. The summed E-state index contributed by atoms with van der Waals surface area (Å²) < 4.78 is 24.8. The molecule has 2 rings (SSSR count). The van der Waals surface area contributed by atoms with Crippen LogP contribution >= 0.6 is 0 Å². The van der Waals surface area contributed by atoms with Crippen LogP contribution in [0.2, 0.25) is 0 Å². The lowest BCUT2D eigenvalue weighted by molar-refractivity contribution is -0.126. The lowest BCUT2D eigenvalue weighted by Gasteiger charge is -2.33. The molecule has 1 aliphatic rings. The topological polar surface area (TPSA) is 66.5 Å². The number of piperidine rings is 1. The van der Waals surface area contributed by atoms with E-state index < -0.39 is 10.0 Å². The van der Waals surface area contributed by atoms with E-state index in [9.17, 15) is 13.2 Å². The molecule has 0 spiro atoms. The molecule has 0 radical (unpaired) electrons. The van der Waals surface area contributed by atoms with E-state index in [1.807, 2.05) is 25.1 Å². The van der Waals surface area contributed by atoms with Gasteiger partial charge < -0.3 is 5.32 Å². The summed E-state index contributed by atoms with van der Waals surface area (Å²) in [5, 5.41) is 3.09. The van der Waals surface area contributed by atoms with Gasteiger partial charge >= 0.3 is 0 Å². The largest absolute Gasteiger partial charge is 0.353 e. The summed E-state index contributed by atoms with van der Waals surface area (Å²) in [6.45, 7) is 7.17. The van der Waals surface area contributed by atoms with Crippen LogP contribution in [0.3, 0.4) is 0 Å². The van der Waals surface area contributed by atoms with Gasteiger partial charge in [-0.15, -0.1) is 0 Å². The van der Waals surface area contributed by atoms with E-state index in [-0.39, 0.29) is 23.3 Å². The molecule has 5 nitrogen and oxygen atoms in total. The molecule has 1 saturated heterocycles. The van der Waals surface area contributed by atoms with Gasteiger partial charge in [0.25, 0.3) is 0 Å². The Hall–Kier alpha value is -1.40. The molecular weight excluding hydrogens is 336 g/mol. The van der Waals surface area contributed by atoms with Crippen molar-refractivity contribution < 1.29 is 13.2 Å². The number of sulfonamides is 1. The summed E-state index contributed by atoms with van der Waals surface area (Å²) in [4.78, 5) is 12.6. The first-order valence-electron chi connectivity index (χ1n) is 8.90. The van der Waals surface area contributed by atoms with Crippen molar-refractivity contribution in [2.75, 3.05) is 19.3 Å². The van der Waals surface area contributed by atoms with Crippen LogP contribution in [0.15, 0.2) is 30.3 Å². The molecule has 1 N–H and O–H groups in total. The van der Waals surface area contributed by atoms with Crippen molar-refractivity contribution in [1.29, 1.82) is 0 Å². The van der Waals surface area contributed by atoms with E-state index in [0.717, 1.165) is 19.3 Å². The standard InChI is InChI=1S/C19H30N2O3S/c1-15(13-19(2,3)17-10-6-5-7-11-17)20-18(22)16-9-8-12-21(14-16)25(4,23)24/h5-7,10-11,15-16H,8-9,12-14H2,1-4H3,(H,20,22)/t15-,16+/m0/s1. The van der Waals surface area contributed by atoms with Crippen LogP contribution in [-0.2, 0) is 20.2 Å². The Balaban J connectivity index is 1.93. The molecule has 0 saturated carbocycles. The third-order valence-electron chi connectivity index (χ3n) is 4.98. The van der Waals surface area contributed by atoms with Crippen molar-refractivity contribution in [3.8, 4) is 0 Å². The zero-order valence-corrected chi connectivity index (χ0v) is 16.5. The summed E-state index contributed by atoms with van der Waals surface area (Å²) in [6, 6.07) is 10.3. The Morgan fingerprint density at radius 3 is 2.56 bits per heavy atom. The normalized spacial score (nSPS) is 20.9. The monoisotopic (exact) mass is 366 g/mol. The number of hydrogen-bond acceptors (Lipinski definition) is 3. The number of carbonyl (C=O) groups is 1. The summed E-state index contributed by atoms with van der Waals surface area (Å²) in [5.41, 5.74) is 1.20. The number of rotatable bonds is 6. The third kappa shape index (κ3) is 5.54. The second-order valence-electron chi connectivity index (χ2n) is 7.82. The number of amides is 1. The van der Waals surface area contributed by atoms with Gasteiger partial charge in [0, 0.05) is 19.1 Å². The Labute approximate surface area is 151 Å². The van der Waals surface area contributed by atoms with Gasteiger partial charge in [-0.25, -0.2) is 12.7 Å². The van der Waals surface area contributed by atoms with Gasteiger partial charge in [0.15, 0.2) is 0 Å². The molecule has 0 aliphatic carbocycles. The molecule has 140 valence electrons. The SMILES string of the molecule is C[C@@H](CC(C)(C)c1ccccc1)NC(=O)[C@@H]1CCCN(S(C)(=O)=O)C1. The zero-order chi connectivity index (χ0) is 18.7. The van der Waals surface area contributed by atoms with E-state index in [1.54, 1.807) is 0 Å². The second-order valence-corrected chi connectivity index (χ2v) is 9.81. The van der Waals surface area contributed by atoms with Crippen molar-refractivity contribution in [2.45, 2.75) is 51.5 Å². The minimum atomic E-state index is -3.23. The highest BCUT2D eigenvalue weighted by Gasteiger charge is 2.31. The van der Waals surface area contributed by atoms with E-state index in [4.69, 9.17) is 0 Å².